The Morgan fingerprint density at radius 2 is 1.70 bits per heavy atom. The fraction of sp³-hybridized carbons (Fsp3) is 0.0556. The SMILES string of the molecule is C[IH]C(=O)c1ccccc1N=Nc1c(O)ccc2ccccc12. The van der Waals surface area contributed by atoms with Crippen molar-refractivity contribution in [3.05, 3.63) is 66.2 Å². The molecule has 0 saturated carbocycles. The molecule has 0 bridgehead atoms. The molecule has 0 fully saturated rings. The first-order valence-corrected chi connectivity index (χ1v) is 10.5. The van der Waals surface area contributed by atoms with Crippen LogP contribution in [0.25, 0.3) is 10.8 Å². The third-order valence-electron chi connectivity index (χ3n) is 3.45. The summed E-state index contributed by atoms with van der Waals surface area (Å²) in [6.45, 7) is 0. The van der Waals surface area contributed by atoms with Gasteiger partial charge < -0.3 is 0 Å². The summed E-state index contributed by atoms with van der Waals surface area (Å²) >= 11 is -0.716. The number of azo groups is 1. The van der Waals surface area contributed by atoms with Gasteiger partial charge in [-0.15, -0.1) is 0 Å². The summed E-state index contributed by atoms with van der Waals surface area (Å²) in [4.78, 5) is 14.0. The zero-order valence-electron chi connectivity index (χ0n) is 12.4. The molecule has 0 aliphatic carbocycles. The minimum atomic E-state index is -0.716. The van der Waals surface area contributed by atoms with E-state index in [9.17, 15) is 9.90 Å². The van der Waals surface area contributed by atoms with Gasteiger partial charge >= 0.3 is 144 Å². The quantitative estimate of drug-likeness (QED) is 0.266. The van der Waals surface area contributed by atoms with E-state index in [0.717, 1.165) is 10.8 Å². The molecule has 0 radical (unpaired) electrons. The van der Waals surface area contributed by atoms with Gasteiger partial charge in [0.1, 0.15) is 0 Å². The third kappa shape index (κ3) is 3.24. The van der Waals surface area contributed by atoms with Crippen LogP contribution in [0.2, 0.25) is 0 Å². The fourth-order valence-corrected chi connectivity index (χ4v) is 3.42. The van der Waals surface area contributed by atoms with Gasteiger partial charge in [-0.25, -0.2) is 0 Å². The number of rotatable bonds is 4. The summed E-state index contributed by atoms with van der Waals surface area (Å²) in [6.07, 6.45) is 0. The van der Waals surface area contributed by atoms with Crippen LogP contribution in [0.4, 0.5) is 11.4 Å². The molecule has 0 heterocycles. The molecule has 23 heavy (non-hydrogen) atoms. The van der Waals surface area contributed by atoms with Gasteiger partial charge in [-0.1, -0.05) is 0 Å². The molecule has 116 valence electrons. The molecule has 3 rings (SSSR count). The van der Waals surface area contributed by atoms with Crippen molar-refractivity contribution in [1.82, 2.24) is 0 Å². The van der Waals surface area contributed by atoms with Crippen LogP contribution in [-0.2, 0) is 0 Å². The van der Waals surface area contributed by atoms with Crippen molar-refractivity contribution in [3.8, 4) is 5.75 Å². The standard InChI is InChI=1S/C18H15IN2O2/c1-19-18(23)14-8-4-5-9-15(14)20-21-17-13-7-3-2-6-12(13)10-11-16(17)22/h2-11,19,22H,1H3. The minimum absolute atomic E-state index is 0.0699. The molecule has 0 spiro atoms. The Labute approximate surface area is 144 Å². The Hall–Kier alpha value is -2.28. The molecule has 0 aliphatic heterocycles. The van der Waals surface area contributed by atoms with Gasteiger partial charge in [0.2, 0.25) is 0 Å². The van der Waals surface area contributed by atoms with Crippen molar-refractivity contribution in [2.75, 3.05) is 4.93 Å². The average molecular weight is 418 g/mol. The van der Waals surface area contributed by atoms with Gasteiger partial charge in [-0.05, 0) is 0 Å². The van der Waals surface area contributed by atoms with Crippen molar-refractivity contribution >= 4 is 47.1 Å². The Balaban J connectivity index is 2.08. The number of carbonyl (C=O) groups is 1. The molecule has 3 aromatic carbocycles. The molecule has 0 aromatic heterocycles. The summed E-state index contributed by atoms with van der Waals surface area (Å²) in [5.41, 5.74) is 1.55. The van der Waals surface area contributed by atoms with Gasteiger partial charge in [0.15, 0.2) is 0 Å². The van der Waals surface area contributed by atoms with Gasteiger partial charge in [0.05, 0.1) is 0 Å². The second kappa shape index (κ2) is 6.87. The molecule has 0 atom stereocenters. The van der Waals surface area contributed by atoms with Crippen LogP contribution in [0.15, 0.2) is 70.9 Å². The number of benzene rings is 3. The van der Waals surface area contributed by atoms with E-state index in [1.165, 1.54) is 0 Å². The number of halogens is 1. The average Bonchev–Trinajstić information content (AvgIpc) is 2.60. The number of carbonyl (C=O) groups excluding carboxylic acids is 1. The zero-order chi connectivity index (χ0) is 16.2. The number of nitrogens with zero attached hydrogens (tertiary/aromatic N) is 2. The molecule has 0 aliphatic rings. The number of phenols is 1. The molecular formula is C18H15IN2O2. The Morgan fingerprint density at radius 1 is 0.957 bits per heavy atom. The monoisotopic (exact) mass is 418 g/mol. The molecule has 5 heteroatoms. The van der Waals surface area contributed by atoms with Gasteiger partial charge in [0, 0.05) is 0 Å². The molecule has 4 nitrogen and oxygen atoms in total. The second-order valence-electron chi connectivity index (χ2n) is 4.86. The topological polar surface area (TPSA) is 62.0 Å². The Bertz CT molecular complexity index is 906. The van der Waals surface area contributed by atoms with Crippen LogP contribution in [-0.4, -0.2) is 13.8 Å². The van der Waals surface area contributed by atoms with Crippen LogP contribution >= 0.6 is 21.2 Å². The van der Waals surface area contributed by atoms with E-state index < -0.39 is 21.2 Å². The van der Waals surface area contributed by atoms with Crippen LogP contribution < -0.4 is 0 Å². The van der Waals surface area contributed by atoms with E-state index in [1.807, 2.05) is 47.4 Å². The predicted molar refractivity (Wildman–Crippen MR) is 102 cm³/mol. The van der Waals surface area contributed by atoms with E-state index in [1.54, 1.807) is 18.2 Å². The molecule has 0 amide bonds. The Morgan fingerprint density at radius 3 is 2.52 bits per heavy atom. The number of aromatic hydroxyl groups is 1. The summed E-state index contributed by atoms with van der Waals surface area (Å²) in [5.74, 6) is 0.0699. The third-order valence-corrected chi connectivity index (χ3v) is 5.13. The van der Waals surface area contributed by atoms with E-state index in [2.05, 4.69) is 10.2 Å². The maximum atomic E-state index is 12.0. The summed E-state index contributed by atoms with van der Waals surface area (Å²) < 4.78 is 0.145. The summed E-state index contributed by atoms with van der Waals surface area (Å²) in [7, 11) is 0. The first kappa shape index (κ1) is 15.6. The molecule has 0 unspecified atom stereocenters. The van der Waals surface area contributed by atoms with Gasteiger partial charge in [-0.3, -0.25) is 0 Å². The van der Waals surface area contributed by atoms with Crippen molar-refractivity contribution < 1.29 is 9.90 Å². The normalized spacial score (nSPS) is 11.3. The zero-order valence-corrected chi connectivity index (χ0v) is 14.8. The molecule has 3 aromatic rings. The summed E-state index contributed by atoms with van der Waals surface area (Å²) in [5, 5.41) is 20.3. The number of alkyl halides is 1. The maximum absolute atomic E-state index is 12.0. The van der Waals surface area contributed by atoms with Gasteiger partial charge in [0.25, 0.3) is 0 Å². The summed E-state index contributed by atoms with van der Waals surface area (Å²) in [6, 6.07) is 18.3. The van der Waals surface area contributed by atoms with Crippen LogP contribution in [0.5, 0.6) is 5.75 Å². The number of hydrogen-bond acceptors (Lipinski definition) is 4. The number of fused-ring (bicyclic) bond motifs is 1. The van der Waals surface area contributed by atoms with Gasteiger partial charge in [-0.2, -0.15) is 0 Å². The number of phenolic OH excluding ortho intramolecular Hbond substituents is 1. The first-order chi connectivity index (χ1) is 11.2. The van der Waals surface area contributed by atoms with E-state index in [4.69, 9.17) is 0 Å². The first-order valence-electron chi connectivity index (χ1n) is 7.00. The molecular weight excluding hydrogens is 403 g/mol. The van der Waals surface area contributed by atoms with E-state index >= 15 is 0 Å². The van der Waals surface area contributed by atoms with Crippen molar-refractivity contribution in [3.63, 3.8) is 0 Å². The molecule has 1 N–H and O–H groups in total. The van der Waals surface area contributed by atoms with Crippen LogP contribution in [0, 0.1) is 0 Å². The van der Waals surface area contributed by atoms with E-state index in [0.29, 0.717) is 16.9 Å². The molecule has 0 saturated heterocycles. The van der Waals surface area contributed by atoms with Crippen molar-refractivity contribution in [2.45, 2.75) is 0 Å². The second-order valence-corrected chi connectivity index (χ2v) is 7.09. The van der Waals surface area contributed by atoms with E-state index in [-0.39, 0.29) is 9.54 Å². The van der Waals surface area contributed by atoms with Crippen LogP contribution in [0.3, 0.4) is 0 Å². The fourth-order valence-electron chi connectivity index (χ4n) is 2.30. The van der Waals surface area contributed by atoms with Crippen molar-refractivity contribution in [1.29, 1.82) is 0 Å². The predicted octanol–water partition coefficient (Wildman–Crippen LogP) is 5.43. The van der Waals surface area contributed by atoms with Crippen LogP contribution in [0.1, 0.15) is 10.4 Å². The Kier molecular flexibility index (Phi) is 4.66. The van der Waals surface area contributed by atoms with Crippen molar-refractivity contribution in [2.24, 2.45) is 10.2 Å². The number of hydrogen-bond donors (Lipinski definition) is 1.